The molecule has 24 heavy (non-hydrogen) atoms. The number of thiazole rings is 1. The summed E-state index contributed by atoms with van der Waals surface area (Å²) in [7, 11) is 0. The molecule has 2 aromatic rings. The monoisotopic (exact) mass is 346 g/mol. The molecular weight excluding hydrogens is 324 g/mol. The van der Waals surface area contributed by atoms with Crippen molar-refractivity contribution in [1.82, 2.24) is 4.98 Å². The Hall–Kier alpha value is -2.21. The van der Waals surface area contributed by atoms with Crippen molar-refractivity contribution in [1.29, 1.82) is 0 Å². The van der Waals surface area contributed by atoms with Crippen molar-refractivity contribution in [3.05, 3.63) is 46.5 Å². The third kappa shape index (κ3) is 5.45. The Kier molecular flexibility index (Phi) is 6.49. The summed E-state index contributed by atoms with van der Waals surface area (Å²) in [6.07, 6.45) is 1.04. The number of ether oxygens (including phenoxy) is 1. The number of nitrogens with one attached hydrogen (secondary N) is 1. The summed E-state index contributed by atoms with van der Waals surface area (Å²) >= 11 is 1.15. The summed E-state index contributed by atoms with van der Waals surface area (Å²) in [4.78, 5) is 28.7. The highest BCUT2D eigenvalue weighted by molar-refractivity contribution is 7.17. The molecule has 1 heterocycles. The number of aryl methyl sites for hydroxylation is 2. The third-order valence-corrected chi connectivity index (χ3v) is 4.31. The van der Waals surface area contributed by atoms with Crippen molar-refractivity contribution in [2.24, 2.45) is 5.92 Å². The number of nitrogens with zero attached hydrogens (tertiary/aromatic N) is 1. The van der Waals surface area contributed by atoms with Gasteiger partial charge in [-0.1, -0.05) is 55.5 Å². The van der Waals surface area contributed by atoms with Crippen LogP contribution >= 0.6 is 11.3 Å². The molecule has 5 nitrogen and oxygen atoms in total. The molecule has 0 unspecified atom stereocenters. The second-order valence-corrected chi connectivity index (χ2v) is 6.96. The maximum Gasteiger partial charge on any atom is 0.350 e. The quantitative estimate of drug-likeness (QED) is 0.774. The van der Waals surface area contributed by atoms with Crippen LogP contribution in [0.3, 0.4) is 0 Å². The number of benzene rings is 1. The van der Waals surface area contributed by atoms with E-state index in [-0.39, 0.29) is 17.8 Å². The molecule has 2 rings (SSSR count). The van der Waals surface area contributed by atoms with Crippen molar-refractivity contribution < 1.29 is 14.3 Å². The average Bonchev–Trinajstić information content (AvgIpc) is 2.92. The molecule has 0 aliphatic rings. The van der Waals surface area contributed by atoms with E-state index in [1.54, 1.807) is 6.92 Å². The summed E-state index contributed by atoms with van der Waals surface area (Å²) < 4.78 is 5.21. The van der Waals surface area contributed by atoms with E-state index in [2.05, 4.69) is 10.3 Å². The number of esters is 1. The Morgan fingerprint density at radius 2 is 1.96 bits per heavy atom. The molecule has 1 aromatic carbocycles. The Morgan fingerprint density at radius 3 is 2.62 bits per heavy atom. The number of carbonyl (C=O) groups is 2. The van der Waals surface area contributed by atoms with E-state index in [0.29, 0.717) is 35.2 Å². The van der Waals surface area contributed by atoms with Gasteiger partial charge in [-0.2, -0.15) is 0 Å². The van der Waals surface area contributed by atoms with Crippen molar-refractivity contribution in [3.63, 3.8) is 0 Å². The summed E-state index contributed by atoms with van der Waals surface area (Å²) in [5.41, 5.74) is 1.69. The van der Waals surface area contributed by atoms with Crippen LogP contribution in [0.5, 0.6) is 0 Å². The van der Waals surface area contributed by atoms with E-state index < -0.39 is 0 Å². The van der Waals surface area contributed by atoms with Crippen molar-refractivity contribution >= 4 is 28.3 Å². The van der Waals surface area contributed by atoms with Crippen LogP contribution in [0.15, 0.2) is 30.3 Å². The lowest BCUT2D eigenvalue weighted by molar-refractivity contribution is -0.116. The first kappa shape index (κ1) is 18.1. The predicted octanol–water partition coefficient (Wildman–Crippen LogP) is 3.84. The van der Waals surface area contributed by atoms with E-state index in [9.17, 15) is 9.59 Å². The number of hydrogen-bond donors (Lipinski definition) is 1. The fraction of sp³-hybridized carbons (Fsp3) is 0.389. The van der Waals surface area contributed by atoms with Gasteiger partial charge in [-0.3, -0.25) is 4.79 Å². The molecule has 0 aliphatic heterocycles. The van der Waals surface area contributed by atoms with Gasteiger partial charge in [0.05, 0.1) is 12.3 Å². The molecule has 0 saturated heterocycles. The number of anilines is 1. The molecule has 0 spiro atoms. The van der Waals surface area contributed by atoms with Gasteiger partial charge < -0.3 is 10.1 Å². The summed E-state index contributed by atoms with van der Waals surface area (Å²) in [5.74, 6) is -0.225. The standard InChI is InChI=1S/C18H22N2O3S/c1-12(2)11-23-17(22)16-13(3)19-18(24-16)20-15(21)10-9-14-7-5-4-6-8-14/h4-8,12H,9-11H2,1-3H3,(H,19,20,21). The largest absolute Gasteiger partial charge is 0.461 e. The lowest BCUT2D eigenvalue weighted by Gasteiger charge is -2.05. The van der Waals surface area contributed by atoms with Crippen LogP contribution in [0.25, 0.3) is 0 Å². The highest BCUT2D eigenvalue weighted by Gasteiger charge is 2.18. The van der Waals surface area contributed by atoms with E-state index in [1.807, 2.05) is 44.2 Å². The SMILES string of the molecule is Cc1nc(NC(=O)CCc2ccccc2)sc1C(=O)OCC(C)C. The zero-order valence-corrected chi connectivity index (χ0v) is 15.0. The zero-order chi connectivity index (χ0) is 17.5. The Balaban J connectivity index is 1.89. The average molecular weight is 346 g/mol. The van der Waals surface area contributed by atoms with Crippen LogP contribution in [0.4, 0.5) is 5.13 Å². The lowest BCUT2D eigenvalue weighted by Crippen LogP contribution is -2.12. The van der Waals surface area contributed by atoms with E-state index in [0.717, 1.165) is 16.9 Å². The molecule has 128 valence electrons. The molecule has 0 bridgehead atoms. The maximum absolute atomic E-state index is 12.0. The number of rotatable bonds is 7. The minimum atomic E-state index is -0.386. The van der Waals surface area contributed by atoms with Gasteiger partial charge in [0.15, 0.2) is 5.13 Å². The number of aromatic nitrogens is 1. The molecule has 0 aliphatic carbocycles. The van der Waals surface area contributed by atoms with Crippen LogP contribution in [0, 0.1) is 12.8 Å². The van der Waals surface area contributed by atoms with Crippen LogP contribution in [0.2, 0.25) is 0 Å². The van der Waals surface area contributed by atoms with Gasteiger partial charge in [-0.05, 0) is 24.8 Å². The van der Waals surface area contributed by atoms with Gasteiger partial charge >= 0.3 is 5.97 Å². The molecule has 1 aromatic heterocycles. The predicted molar refractivity (Wildman–Crippen MR) is 95.4 cm³/mol. The van der Waals surface area contributed by atoms with Gasteiger partial charge in [0, 0.05) is 6.42 Å². The van der Waals surface area contributed by atoms with Crippen molar-refractivity contribution in [2.45, 2.75) is 33.6 Å². The summed E-state index contributed by atoms with van der Waals surface area (Å²) in [6.45, 7) is 6.06. The Labute approximate surface area is 146 Å². The van der Waals surface area contributed by atoms with Gasteiger partial charge in [0.1, 0.15) is 4.88 Å². The van der Waals surface area contributed by atoms with Crippen LogP contribution in [-0.4, -0.2) is 23.5 Å². The first-order valence-corrected chi connectivity index (χ1v) is 8.75. The first-order valence-electron chi connectivity index (χ1n) is 7.94. The topological polar surface area (TPSA) is 68.3 Å². The highest BCUT2D eigenvalue weighted by atomic mass is 32.1. The van der Waals surface area contributed by atoms with Crippen LogP contribution < -0.4 is 5.32 Å². The number of carbonyl (C=O) groups excluding carboxylic acids is 2. The molecule has 0 saturated carbocycles. The smallest absolute Gasteiger partial charge is 0.350 e. The molecular formula is C18H22N2O3S. The molecule has 1 amide bonds. The fourth-order valence-corrected chi connectivity index (χ4v) is 2.91. The third-order valence-electron chi connectivity index (χ3n) is 3.26. The highest BCUT2D eigenvalue weighted by Crippen LogP contribution is 2.23. The summed E-state index contributed by atoms with van der Waals surface area (Å²) in [6, 6.07) is 9.83. The van der Waals surface area contributed by atoms with Crippen LogP contribution in [0.1, 0.15) is 41.2 Å². The molecule has 0 fully saturated rings. The second kappa shape index (κ2) is 8.59. The molecule has 1 N–H and O–H groups in total. The van der Waals surface area contributed by atoms with Gasteiger partial charge in [0.25, 0.3) is 0 Å². The Bertz CT molecular complexity index is 696. The Morgan fingerprint density at radius 1 is 1.25 bits per heavy atom. The second-order valence-electron chi connectivity index (χ2n) is 5.96. The molecule has 0 radical (unpaired) electrons. The van der Waals surface area contributed by atoms with E-state index in [1.165, 1.54) is 0 Å². The normalized spacial score (nSPS) is 10.7. The summed E-state index contributed by atoms with van der Waals surface area (Å²) in [5, 5.41) is 3.19. The first-order chi connectivity index (χ1) is 11.5. The lowest BCUT2D eigenvalue weighted by atomic mass is 10.1. The van der Waals surface area contributed by atoms with Crippen molar-refractivity contribution in [2.75, 3.05) is 11.9 Å². The zero-order valence-electron chi connectivity index (χ0n) is 14.2. The van der Waals surface area contributed by atoms with Crippen LogP contribution in [-0.2, 0) is 16.0 Å². The number of hydrogen-bond acceptors (Lipinski definition) is 5. The fourth-order valence-electron chi connectivity index (χ4n) is 2.03. The number of amides is 1. The van der Waals surface area contributed by atoms with Gasteiger partial charge in [0.2, 0.25) is 5.91 Å². The van der Waals surface area contributed by atoms with E-state index >= 15 is 0 Å². The minimum absolute atomic E-state index is 0.116. The van der Waals surface area contributed by atoms with E-state index in [4.69, 9.17) is 4.74 Å². The molecule has 0 atom stereocenters. The minimum Gasteiger partial charge on any atom is -0.461 e. The molecule has 6 heteroatoms. The van der Waals surface area contributed by atoms with Gasteiger partial charge in [-0.25, -0.2) is 9.78 Å². The maximum atomic E-state index is 12.0. The van der Waals surface area contributed by atoms with Crippen molar-refractivity contribution in [3.8, 4) is 0 Å². The van der Waals surface area contributed by atoms with Gasteiger partial charge in [-0.15, -0.1) is 0 Å².